The maximum Gasteiger partial charge on any atom is 0.236 e. The Morgan fingerprint density at radius 3 is 2.79 bits per heavy atom. The molecule has 1 aliphatic heterocycles. The van der Waals surface area contributed by atoms with E-state index in [1.165, 1.54) is 19.3 Å². The van der Waals surface area contributed by atoms with Crippen molar-refractivity contribution in [3.05, 3.63) is 30.7 Å². The van der Waals surface area contributed by atoms with Crippen LogP contribution in [0.15, 0.2) is 30.7 Å². The summed E-state index contributed by atoms with van der Waals surface area (Å²) in [7, 11) is 0. The number of pyridine rings is 1. The zero-order valence-corrected chi connectivity index (χ0v) is 10.7. The second-order valence-corrected chi connectivity index (χ2v) is 4.98. The molecule has 4 heterocycles. The van der Waals surface area contributed by atoms with Gasteiger partial charge in [0, 0.05) is 25.5 Å². The fraction of sp³-hybridized carbons (Fsp3) is 0.357. The lowest BCUT2D eigenvalue weighted by atomic mass is 10.1. The van der Waals surface area contributed by atoms with E-state index in [2.05, 4.69) is 32.1 Å². The van der Waals surface area contributed by atoms with Crippen molar-refractivity contribution >= 4 is 22.6 Å². The monoisotopic (exact) mass is 253 g/mol. The summed E-state index contributed by atoms with van der Waals surface area (Å²) in [5.41, 5.74) is 1.95. The number of fused-ring (bicyclic) bond motifs is 3. The number of rotatable bonds is 1. The second kappa shape index (κ2) is 4.19. The molecule has 3 aromatic rings. The van der Waals surface area contributed by atoms with Gasteiger partial charge in [-0.2, -0.15) is 4.98 Å². The lowest BCUT2D eigenvalue weighted by molar-refractivity contribution is 0.573. The maximum absolute atomic E-state index is 4.69. The van der Waals surface area contributed by atoms with Crippen molar-refractivity contribution < 1.29 is 0 Å². The SMILES string of the molecule is c1cc2c(cn1)nc1nc(N3CCCCC3)ccn12. The molecule has 0 bridgehead atoms. The van der Waals surface area contributed by atoms with Crippen molar-refractivity contribution in [3.8, 4) is 0 Å². The Balaban J connectivity index is 1.84. The third-order valence-corrected chi connectivity index (χ3v) is 3.74. The summed E-state index contributed by atoms with van der Waals surface area (Å²) in [6.45, 7) is 2.20. The van der Waals surface area contributed by atoms with Gasteiger partial charge in [-0.05, 0) is 31.4 Å². The van der Waals surface area contributed by atoms with E-state index in [-0.39, 0.29) is 0 Å². The van der Waals surface area contributed by atoms with Crippen LogP contribution in [0.25, 0.3) is 16.8 Å². The largest absolute Gasteiger partial charge is 0.356 e. The number of aromatic nitrogens is 4. The van der Waals surface area contributed by atoms with Crippen LogP contribution in [-0.2, 0) is 0 Å². The van der Waals surface area contributed by atoms with E-state index in [0.29, 0.717) is 0 Å². The van der Waals surface area contributed by atoms with Crippen LogP contribution in [0.2, 0.25) is 0 Å². The standard InChI is InChI=1S/C14H15N5/c1-2-7-18(8-3-1)13-5-9-19-12-4-6-15-10-11(12)16-14(19)17-13/h4-6,9-10H,1-3,7-8H2. The quantitative estimate of drug-likeness (QED) is 0.667. The van der Waals surface area contributed by atoms with E-state index < -0.39 is 0 Å². The highest BCUT2D eigenvalue weighted by Gasteiger charge is 2.13. The van der Waals surface area contributed by atoms with E-state index in [9.17, 15) is 0 Å². The van der Waals surface area contributed by atoms with Crippen LogP contribution in [0.4, 0.5) is 5.82 Å². The van der Waals surface area contributed by atoms with Crippen LogP contribution in [0.5, 0.6) is 0 Å². The highest BCUT2D eigenvalue weighted by molar-refractivity contribution is 5.78. The van der Waals surface area contributed by atoms with Gasteiger partial charge in [-0.3, -0.25) is 9.38 Å². The Morgan fingerprint density at radius 2 is 1.89 bits per heavy atom. The average Bonchev–Trinajstić information content (AvgIpc) is 2.86. The van der Waals surface area contributed by atoms with Crippen LogP contribution in [-0.4, -0.2) is 32.4 Å². The molecule has 0 saturated carbocycles. The van der Waals surface area contributed by atoms with Crippen molar-refractivity contribution in [3.63, 3.8) is 0 Å². The Morgan fingerprint density at radius 1 is 1.00 bits per heavy atom. The van der Waals surface area contributed by atoms with Gasteiger partial charge in [0.15, 0.2) is 0 Å². The molecule has 0 aliphatic carbocycles. The van der Waals surface area contributed by atoms with Crippen LogP contribution in [0.1, 0.15) is 19.3 Å². The molecule has 4 rings (SSSR count). The predicted molar refractivity (Wildman–Crippen MR) is 74.4 cm³/mol. The molecule has 0 atom stereocenters. The second-order valence-electron chi connectivity index (χ2n) is 4.98. The van der Waals surface area contributed by atoms with E-state index in [1.807, 2.05) is 10.5 Å². The molecule has 5 heteroatoms. The summed E-state index contributed by atoms with van der Waals surface area (Å²) >= 11 is 0. The summed E-state index contributed by atoms with van der Waals surface area (Å²) in [5.74, 6) is 1.79. The van der Waals surface area contributed by atoms with Crippen molar-refractivity contribution in [2.75, 3.05) is 18.0 Å². The molecular formula is C14H15N5. The van der Waals surface area contributed by atoms with Crippen molar-refractivity contribution in [1.82, 2.24) is 19.4 Å². The van der Waals surface area contributed by atoms with E-state index in [0.717, 1.165) is 35.7 Å². The van der Waals surface area contributed by atoms with Crippen molar-refractivity contribution in [2.24, 2.45) is 0 Å². The molecule has 1 fully saturated rings. The van der Waals surface area contributed by atoms with Gasteiger partial charge in [0.05, 0.1) is 11.7 Å². The normalized spacial score (nSPS) is 16.3. The lowest BCUT2D eigenvalue weighted by Gasteiger charge is -2.27. The van der Waals surface area contributed by atoms with Gasteiger partial charge in [-0.25, -0.2) is 4.98 Å². The fourth-order valence-electron chi connectivity index (χ4n) is 2.74. The van der Waals surface area contributed by atoms with Crippen LogP contribution in [0, 0.1) is 0 Å². The van der Waals surface area contributed by atoms with Crippen LogP contribution < -0.4 is 4.90 Å². The molecule has 0 N–H and O–H groups in total. The molecule has 1 aliphatic rings. The van der Waals surface area contributed by atoms with Gasteiger partial charge in [-0.1, -0.05) is 0 Å². The molecule has 0 radical (unpaired) electrons. The molecule has 0 spiro atoms. The van der Waals surface area contributed by atoms with Gasteiger partial charge in [0.1, 0.15) is 11.3 Å². The Hall–Kier alpha value is -2.17. The van der Waals surface area contributed by atoms with Gasteiger partial charge in [0.25, 0.3) is 0 Å². The molecule has 5 nitrogen and oxygen atoms in total. The Kier molecular flexibility index (Phi) is 2.36. The smallest absolute Gasteiger partial charge is 0.236 e. The molecule has 1 saturated heterocycles. The number of nitrogens with zero attached hydrogens (tertiary/aromatic N) is 5. The molecule has 96 valence electrons. The summed E-state index contributed by atoms with van der Waals surface area (Å²) < 4.78 is 2.02. The molecule has 19 heavy (non-hydrogen) atoms. The van der Waals surface area contributed by atoms with Gasteiger partial charge in [0.2, 0.25) is 5.78 Å². The summed E-state index contributed by atoms with van der Waals surface area (Å²) in [6.07, 6.45) is 9.47. The third-order valence-electron chi connectivity index (χ3n) is 3.74. The zero-order chi connectivity index (χ0) is 12.7. The topological polar surface area (TPSA) is 46.3 Å². The maximum atomic E-state index is 4.69. The Labute approximate surface area is 110 Å². The van der Waals surface area contributed by atoms with Crippen molar-refractivity contribution in [1.29, 1.82) is 0 Å². The van der Waals surface area contributed by atoms with Gasteiger partial charge < -0.3 is 4.90 Å². The van der Waals surface area contributed by atoms with E-state index >= 15 is 0 Å². The predicted octanol–water partition coefficient (Wildman–Crippen LogP) is 2.27. The zero-order valence-electron chi connectivity index (χ0n) is 10.7. The molecule has 3 aromatic heterocycles. The van der Waals surface area contributed by atoms with Crippen molar-refractivity contribution in [2.45, 2.75) is 19.3 Å². The fourth-order valence-corrected chi connectivity index (χ4v) is 2.74. The first-order valence-corrected chi connectivity index (χ1v) is 6.75. The molecular weight excluding hydrogens is 238 g/mol. The first-order chi connectivity index (χ1) is 9.42. The highest BCUT2D eigenvalue weighted by atomic mass is 15.2. The highest BCUT2D eigenvalue weighted by Crippen LogP contribution is 2.20. The number of hydrogen-bond donors (Lipinski definition) is 0. The number of imidazole rings is 1. The Bertz CT molecular complexity index is 727. The van der Waals surface area contributed by atoms with Crippen LogP contribution >= 0.6 is 0 Å². The van der Waals surface area contributed by atoms with Gasteiger partial charge in [-0.15, -0.1) is 0 Å². The minimum absolute atomic E-state index is 0.756. The third kappa shape index (κ3) is 1.73. The number of hydrogen-bond acceptors (Lipinski definition) is 4. The molecule has 0 aromatic carbocycles. The minimum atomic E-state index is 0.756. The summed E-state index contributed by atoms with van der Waals surface area (Å²) in [4.78, 5) is 15.7. The summed E-state index contributed by atoms with van der Waals surface area (Å²) in [5, 5.41) is 0. The summed E-state index contributed by atoms with van der Waals surface area (Å²) in [6, 6.07) is 4.05. The number of piperidine rings is 1. The van der Waals surface area contributed by atoms with E-state index in [1.54, 1.807) is 12.4 Å². The number of anilines is 1. The molecule has 0 amide bonds. The minimum Gasteiger partial charge on any atom is -0.356 e. The lowest BCUT2D eigenvalue weighted by Crippen LogP contribution is -2.30. The van der Waals surface area contributed by atoms with Crippen LogP contribution in [0.3, 0.4) is 0 Å². The first-order valence-electron chi connectivity index (χ1n) is 6.75. The first kappa shape index (κ1) is 10.7. The van der Waals surface area contributed by atoms with Gasteiger partial charge >= 0.3 is 0 Å². The average molecular weight is 253 g/mol. The molecule has 0 unspecified atom stereocenters. The van der Waals surface area contributed by atoms with E-state index in [4.69, 9.17) is 0 Å².